The number of carbonyl (C=O) groups is 6. The van der Waals surface area contributed by atoms with Gasteiger partial charge in [0, 0.05) is 25.7 Å². The highest BCUT2D eigenvalue weighted by atomic mass is 35.5. The Hall–Kier alpha value is -2.22. The molecule has 3 N–H and O–H groups in total. The normalized spacial score (nSPS) is 16.7. The number of hydrogen-bond acceptors (Lipinski definition) is 11. The van der Waals surface area contributed by atoms with Crippen LogP contribution in [0.15, 0.2) is 10.3 Å². The number of unbranched alkanes of at least 4 members (excludes halogenated alkanes) is 3. The van der Waals surface area contributed by atoms with Crippen LogP contribution in [0, 0.1) is 0 Å². The van der Waals surface area contributed by atoms with E-state index in [1.807, 2.05) is 6.79 Å². The highest BCUT2D eigenvalue weighted by Gasteiger charge is 2.20. The molecule has 0 saturated carbocycles. The van der Waals surface area contributed by atoms with Gasteiger partial charge in [0.15, 0.2) is 5.03 Å². The topological polar surface area (TPSA) is 191 Å². The minimum absolute atomic E-state index is 0.316. The summed E-state index contributed by atoms with van der Waals surface area (Å²) in [4.78, 5) is 55.9. The van der Waals surface area contributed by atoms with Gasteiger partial charge in [0.25, 0.3) is 0 Å². The van der Waals surface area contributed by atoms with Crippen molar-refractivity contribution >= 4 is 61.1 Å². The number of rotatable bonds is 9. The fourth-order valence-corrected chi connectivity index (χ4v) is 1.25. The van der Waals surface area contributed by atoms with E-state index in [2.05, 4.69) is 14.2 Å². The molecule has 14 heteroatoms. The van der Waals surface area contributed by atoms with E-state index in [-0.39, 0.29) is 5.22 Å². The lowest BCUT2D eigenvalue weighted by Gasteiger charge is -2.23. The second kappa shape index (κ2) is 31.0. The first-order valence-electron chi connectivity index (χ1n) is 8.68. The molecule has 0 radical (unpaired) electrons. The van der Waals surface area contributed by atoms with E-state index >= 15 is 0 Å². The monoisotopic (exact) mass is 506 g/mol. The summed E-state index contributed by atoms with van der Waals surface area (Å²) in [5.74, 6) is -1.30. The Morgan fingerprint density at radius 1 is 0.906 bits per heavy atom. The summed E-state index contributed by atoms with van der Waals surface area (Å²) in [6.07, 6.45) is 3.24. The van der Waals surface area contributed by atoms with Gasteiger partial charge >= 0.3 is 5.97 Å². The summed E-state index contributed by atoms with van der Waals surface area (Å²) >= 11 is 10.2. The van der Waals surface area contributed by atoms with Gasteiger partial charge < -0.3 is 53.5 Å². The van der Waals surface area contributed by atoms with Crippen LogP contribution in [-0.4, -0.2) is 86.1 Å². The number of halogens is 2. The molecule has 12 nitrogen and oxygen atoms in total. The molecule has 0 bridgehead atoms. The number of carboxylic acids is 1. The van der Waals surface area contributed by atoms with Crippen LogP contribution in [-0.2, 0) is 43.0 Å². The second-order valence-electron chi connectivity index (χ2n) is 4.79. The van der Waals surface area contributed by atoms with Gasteiger partial charge in [-0.2, -0.15) is 0 Å². The van der Waals surface area contributed by atoms with E-state index in [0.717, 1.165) is 25.1 Å². The van der Waals surface area contributed by atoms with Crippen molar-refractivity contribution in [1.29, 1.82) is 0 Å². The number of aliphatic carboxylic acids is 1. The molecule has 1 aliphatic rings. The van der Waals surface area contributed by atoms with E-state index < -0.39 is 23.6 Å². The van der Waals surface area contributed by atoms with Crippen molar-refractivity contribution in [2.75, 3.05) is 20.3 Å². The average molecular weight is 507 g/mol. The van der Waals surface area contributed by atoms with Gasteiger partial charge in [0.1, 0.15) is 31.9 Å². The Morgan fingerprint density at radius 2 is 1.25 bits per heavy atom. The standard InChI is InChI=1S/C5H8O2.C4H4Cl2O3.C4H8O4.C4H6O2.CH2O/c6-4-2-1-3-5-7;1-9-3(6)2(5)4(7)8;5-3-4(6)8-2-1-7-3;5-3-1-2-4-6;1-2/h4-5H,1-3H2;1H3,(H,7,8);3-6H,1-2H2;3-4H,1-2H2;1H2/b;3-2+;;;. The van der Waals surface area contributed by atoms with Crippen molar-refractivity contribution in [3.63, 3.8) is 0 Å². The predicted molar refractivity (Wildman–Crippen MR) is 112 cm³/mol. The van der Waals surface area contributed by atoms with E-state index in [9.17, 15) is 24.0 Å². The van der Waals surface area contributed by atoms with Gasteiger partial charge in [-0.3, -0.25) is 0 Å². The van der Waals surface area contributed by atoms with Crippen LogP contribution >= 0.6 is 23.2 Å². The summed E-state index contributed by atoms with van der Waals surface area (Å²) in [5, 5.41) is 24.5. The SMILES string of the molecule is C=O.CO/C(Cl)=C(/Cl)C(=O)O.O=CCCC=O.O=CCCCC=O.OC1OCCOC1O. The van der Waals surface area contributed by atoms with Crippen molar-refractivity contribution in [2.45, 2.75) is 44.7 Å². The molecule has 1 aliphatic heterocycles. The van der Waals surface area contributed by atoms with Crippen LogP contribution in [0.5, 0.6) is 0 Å². The maximum atomic E-state index is 9.95. The van der Waals surface area contributed by atoms with Crippen LogP contribution in [0.2, 0.25) is 0 Å². The van der Waals surface area contributed by atoms with E-state index in [1.165, 1.54) is 7.11 Å². The number of aldehydes is 4. The molecule has 0 aromatic heterocycles. The summed E-state index contributed by atoms with van der Waals surface area (Å²) in [6.45, 7) is 2.69. The molecule has 0 aliphatic carbocycles. The van der Waals surface area contributed by atoms with Crippen LogP contribution in [0.4, 0.5) is 0 Å². The van der Waals surface area contributed by atoms with Gasteiger partial charge in [-0.05, 0) is 18.0 Å². The van der Waals surface area contributed by atoms with Crippen LogP contribution in [0.3, 0.4) is 0 Å². The average Bonchev–Trinajstić information content (AvgIpc) is 2.81. The minimum Gasteiger partial charge on any atom is -0.485 e. The van der Waals surface area contributed by atoms with Crippen molar-refractivity contribution in [3.05, 3.63) is 10.3 Å². The first-order chi connectivity index (χ1) is 15.2. The lowest BCUT2D eigenvalue weighted by molar-refractivity contribution is -0.291. The van der Waals surface area contributed by atoms with Crippen molar-refractivity contribution in [1.82, 2.24) is 0 Å². The molecular weight excluding hydrogens is 479 g/mol. The number of aliphatic hydroxyl groups excluding tert-OH is 2. The fraction of sp³-hybridized carbons (Fsp3) is 0.556. The zero-order chi connectivity index (χ0) is 25.8. The smallest absolute Gasteiger partial charge is 0.352 e. The molecule has 1 fully saturated rings. The number of carboxylic acid groups (broad SMARTS) is 1. The molecule has 186 valence electrons. The summed E-state index contributed by atoms with van der Waals surface area (Å²) < 4.78 is 13.4. The Morgan fingerprint density at radius 3 is 1.44 bits per heavy atom. The largest absolute Gasteiger partial charge is 0.485 e. The van der Waals surface area contributed by atoms with Gasteiger partial charge in [-0.1, -0.05) is 11.6 Å². The molecular formula is C18H28Cl2O12. The molecule has 0 spiro atoms. The lowest BCUT2D eigenvalue weighted by atomic mass is 10.3. The molecule has 0 aromatic carbocycles. The number of hydrogen-bond donors (Lipinski definition) is 3. The third-order valence-electron chi connectivity index (χ3n) is 2.49. The van der Waals surface area contributed by atoms with Crippen molar-refractivity contribution in [2.24, 2.45) is 0 Å². The zero-order valence-electron chi connectivity index (χ0n) is 17.4. The molecule has 1 heterocycles. The summed E-state index contributed by atoms with van der Waals surface area (Å²) in [6, 6.07) is 0. The van der Waals surface area contributed by atoms with E-state index in [0.29, 0.717) is 45.3 Å². The van der Waals surface area contributed by atoms with Gasteiger partial charge in [0.05, 0.1) is 20.3 Å². The highest BCUT2D eigenvalue weighted by Crippen LogP contribution is 2.13. The van der Waals surface area contributed by atoms with Crippen molar-refractivity contribution in [3.8, 4) is 0 Å². The second-order valence-corrected chi connectivity index (χ2v) is 5.52. The Kier molecular flexibility index (Phi) is 35.9. The van der Waals surface area contributed by atoms with Gasteiger partial charge in [-0.25, -0.2) is 4.79 Å². The third kappa shape index (κ3) is 30.0. The summed E-state index contributed by atoms with van der Waals surface area (Å²) in [7, 11) is 1.23. The highest BCUT2D eigenvalue weighted by molar-refractivity contribution is 6.46. The van der Waals surface area contributed by atoms with E-state index in [4.69, 9.17) is 43.3 Å². The fourth-order valence-electron chi connectivity index (χ4n) is 1.10. The van der Waals surface area contributed by atoms with Crippen LogP contribution in [0.1, 0.15) is 32.1 Å². The molecule has 0 amide bonds. The maximum absolute atomic E-state index is 9.95. The first kappa shape index (κ1) is 37.1. The van der Waals surface area contributed by atoms with Crippen LogP contribution in [0.25, 0.3) is 0 Å². The maximum Gasteiger partial charge on any atom is 0.352 e. The Bertz CT molecular complexity index is 502. The quantitative estimate of drug-likeness (QED) is 0.170. The summed E-state index contributed by atoms with van der Waals surface area (Å²) in [5.41, 5.74) is 0. The molecule has 2 unspecified atom stereocenters. The van der Waals surface area contributed by atoms with Gasteiger partial charge in [0.2, 0.25) is 17.8 Å². The molecule has 1 rings (SSSR count). The molecule has 1 saturated heterocycles. The zero-order valence-corrected chi connectivity index (χ0v) is 18.9. The number of methoxy groups -OCH3 is 1. The molecule has 32 heavy (non-hydrogen) atoms. The third-order valence-corrected chi connectivity index (χ3v) is 3.26. The van der Waals surface area contributed by atoms with Crippen molar-refractivity contribution < 1.29 is 58.3 Å². The number of aliphatic hydroxyl groups is 2. The number of ether oxygens (including phenoxy) is 3. The molecule has 0 aromatic rings. The number of carbonyl (C=O) groups excluding carboxylic acids is 5. The predicted octanol–water partition coefficient (Wildman–Crippen LogP) is 0.568. The molecule has 2 atom stereocenters. The van der Waals surface area contributed by atoms with Gasteiger partial charge in [-0.15, -0.1) is 0 Å². The van der Waals surface area contributed by atoms with Crippen LogP contribution < -0.4 is 0 Å². The Labute approximate surface area is 195 Å². The van der Waals surface area contributed by atoms with E-state index in [1.54, 1.807) is 0 Å². The lowest BCUT2D eigenvalue weighted by Crippen LogP contribution is -2.37. The first-order valence-corrected chi connectivity index (χ1v) is 9.44. The Balaban J connectivity index is -0.000000161. The minimum atomic E-state index is -1.30.